The summed E-state index contributed by atoms with van der Waals surface area (Å²) in [5.74, 6) is 0.0936. The number of benzene rings is 2. The van der Waals surface area contributed by atoms with E-state index in [4.69, 9.17) is 4.74 Å². The van der Waals surface area contributed by atoms with E-state index in [2.05, 4.69) is 18.5 Å². The smallest absolute Gasteiger partial charge is 0.261 e. The van der Waals surface area contributed by atoms with Crippen LogP contribution in [0.1, 0.15) is 13.8 Å². The normalized spacial score (nSPS) is 12.7. The minimum atomic E-state index is -0.738. The van der Waals surface area contributed by atoms with Gasteiger partial charge in [-0.15, -0.1) is 13.2 Å². The molecule has 0 aromatic heterocycles. The van der Waals surface area contributed by atoms with Crippen LogP contribution in [0.2, 0.25) is 0 Å². The molecule has 1 N–H and O–H groups in total. The van der Waals surface area contributed by atoms with Crippen LogP contribution in [0.15, 0.2) is 67.8 Å². The van der Waals surface area contributed by atoms with Gasteiger partial charge in [-0.3, -0.25) is 9.59 Å². The summed E-state index contributed by atoms with van der Waals surface area (Å²) in [7, 11) is 0. The van der Waals surface area contributed by atoms with Crippen LogP contribution in [0.25, 0.3) is 10.8 Å². The molecular formula is C22H26N2O3. The summed E-state index contributed by atoms with van der Waals surface area (Å²) in [4.78, 5) is 26.5. The maximum absolute atomic E-state index is 12.5. The first-order valence-corrected chi connectivity index (χ1v) is 8.93. The minimum absolute atomic E-state index is 0.194. The Hall–Kier alpha value is -3.08. The van der Waals surface area contributed by atoms with Crippen molar-refractivity contribution in [3.05, 3.63) is 67.8 Å². The number of nitrogens with zero attached hydrogens (tertiary/aromatic N) is 1. The first-order valence-electron chi connectivity index (χ1n) is 8.93. The van der Waals surface area contributed by atoms with Crippen molar-refractivity contribution in [3.8, 4) is 5.75 Å². The highest BCUT2D eigenvalue weighted by Gasteiger charge is 2.24. The molecule has 2 rings (SSSR count). The van der Waals surface area contributed by atoms with Crippen LogP contribution in [0.5, 0.6) is 5.75 Å². The van der Waals surface area contributed by atoms with Gasteiger partial charge in [-0.25, -0.2) is 0 Å². The fraction of sp³-hybridized carbons (Fsp3) is 0.273. The van der Waals surface area contributed by atoms with Crippen LogP contribution in [-0.4, -0.2) is 41.9 Å². The van der Waals surface area contributed by atoms with Gasteiger partial charge in [0, 0.05) is 18.5 Å². The molecule has 0 saturated heterocycles. The van der Waals surface area contributed by atoms with Crippen LogP contribution in [0.4, 0.5) is 0 Å². The van der Waals surface area contributed by atoms with Crippen molar-refractivity contribution >= 4 is 22.6 Å². The lowest BCUT2D eigenvalue weighted by Crippen LogP contribution is -2.50. The maximum atomic E-state index is 12.5. The second-order valence-electron chi connectivity index (χ2n) is 6.29. The minimum Gasteiger partial charge on any atom is -0.480 e. The topological polar surface area (TPSA) is 58.6 Å². The molecule has 0 aliphatic carbocycles. The van der Waals surface area contributed by atoms with E-state index >= 15 is 0 Å². The van der Waals surface area contributed by atoms with E-state index in [0.29, 0.717) is 18.8 Å². The second-order valence-corrected chi connectivity index (χ2v) is 6.29. The van der Waals surface area contributed by atoms with E-state index in [1.807, 2.05) is 42.5 Å². The monoisotopic (exact) mass is 366 g/mol. The third-order valence-corrected chi connectivity index (χ3v) is 4.16. The van der Waals surface area contributed by atoms with E-state index in [0.717, 1.165) is 10.8 Å². The quantitative estimate of drug-likeness (QED) is 0.693. The Balaban J connectivity index is 2.03. The fourth-order valence-corrected chi connectivity index (χ4v) is 2.77. The molecule has 0 fully saturated rings. The van der Waals surface area contributed by atoms with Crippen molar-refractivity contribution in [2.75, 3.05) is 13.1 Å². The molecule has 2 atom stereocenters. The van der Waals surface area contributed by atoms with Gasteiger partial charge in [0.25, 0.3) is 5.91 Å². The third kappa shape index (κ3) is 5.20. The summed E-state index contributed by atoms with van der Waals surface area (Å²) in [6.45, 7) is 11.4. The number of ether oxygens (including phenoxy) is 1. The number of hydrogen-bond donors (Lipinski definition) is 1. The number of amides is 2. The van der Waals surface area contributed by atoms with Crippen LogP contribution in [0, 0.1) is 0 Å². The molecule has 0 aliphatic rings. The first-order chi connectivity index (χ1) is 13.0. The average Bonchev–Trinajstić information content (AvgIpc) is 2.67. The van der Waals surface area contributed by atoms with Crippen molar-refractivity contribution in [1.29, 1.82) is 0 Å². The van der Waals surface area contributed by atoms with Gasteiger partial charge in [0.2, 0.25) is 5.91 Å². The largest absolute Gasteiger partial charge is 0.480 e. The lowest BCUT2D eigenvalue weighted by Gasteiger charge is -2.25. The predicted molar refractivity (Wildman–Crippen MR) is 109 cm³/mol. The molecule has 0 spiro atoms. The number of carbonyl (C=O) groups excluding carboxylic acids is 2. The lowest BCUT2D eigenvalue weighted by molar-refractivity contribution is -0.137. The number of rotatable bonds is 9. The Labute approximate surface area is 160 Å². The predicted octanol–water partition coefficient (Wildman–Crippen LogP) is 3.31. The summed E-state index contributed by atoms with van der Waals surface area (Å²) < 4.78 is 5.86. The molecule has 2 aromatic rings. The highest BCUT2D eigenvalue weighted by atomic mass is 16.5. The van der Waals surface area contributed by atoms with E-state index in [9.17, 15) is 9.59 Å². The van der Waals surface area contributed by atoms with E-state index in [1.54, 1.807) is 30.9 Å². The van der Waals surface area contributed by atoms with Gasteiger partial charge in [-0.05, 0) is 25.3 Å². The standard InChI is InChI=1S/C22H26N2O3/c1-5-14-24(15-6-2)22(26)16(3)23-21(25)17(4)27-20-13-9-11-18-10-7-8-12-19(18)20/h5-13,16-17H,1-2,14-15H2,3-4H3,(H,23,25). The van der Waals surface area contributed by atoms with Gasteiger partial charge >= 0.3 is 0 Å². The zero-order chi connectivity index (χ0) is 19.8. The van der Waals surface area contributed by atoms with Crippen LogP contribution in [-0.2, 0) is 9.59 Å². The van der Waals surface area contributed by atoms with E-state index in [1.165, 1.54) is 0 Å². The molecule has 142 valence electrons. The van der Waals surface area contributed by atoms with Crippen molar-refractivity contribution < 1.29 is 14.3 Å². The molecule has 0 heterocycles. The highest BCUT2D eigenvalue weighted by Crippen LogP contribution is 2.26. The maximum Gasteiger partial charge on any atom is 0.261 e. The van der Waals surface area contributed by atoms with Gasteiger partial charge in [0.1, 0.15) is 11.8 Å². The molecule has 0 aliphatic heterocycles. The van der Waals surface area contributed by atoms with Gasteiger partial charge in [-0.1, -0.05) is 48.6 Å². The van der Waals surface area contributed by atoms with Crippen molar-refractivity contribution in [3.63, 3.8) is 0 Å². The Morgan fingerprint density at radius 3 is 2.37 bits per heavy atom. The van der Waals surface area contributed by atoms with Crippen molar-refractivity contribution in [2.24, 2.45) is 0 Å². The Morgan fingerprint density at radius 1 is 1.07 bits per heavy atom. The summed E-state index contributed by atoms with van der Waals surface area (Å²) in [5.41, 5.74) is 0. The number of fused-ring (bicyclic) bond motifs is 1. The Kier molecular flexibility index (Phi) is 7.17. The van der Waals surface area contributed by atoms with Gasteiger partial charge in [0.15, 0.2) is 6.10 Å². The Bertz CT molecular complexity index is 816. The number of nitrogens with one attached hydrogen (secondary N) is 1. The summed E-state index contributed by atoms with van der Waals surface area (Å²) >= 11 is 0. The first kappa shape index (κ1) is 20.2. The van der Waals surface area contributed by atoms with Crippen LogP contribution in [0.3, 0.4) is 0 Å². The van der Waals surface area contributed by atoms with Gasteiger partial charge in [-0.2, -0.15) is 0 Å². The molecule has 5 heteroatoms. The summed E-state index contributed by atoms with van der Waals surface area (Å²) in [5, 5.41) is 4.70. The molecule has 27 heavy (non-hydrogen) atoms. The molecule has 0 bridgehead atoms. The van der Waals surface area contributed by atoms with Crippen molar-refractivity contribution in [2.45, 2.75) is 26.0 Å². The third-order valence-electron chi connectivity index (χ3n) is 4.16. The molecule has 0 radical (unpaired) electrons. The molecular weight excluding hydrogens is 340 g/mol. The van der Waals surface area contributed by atoms with Gasteiger partial charge in [0.05, 0.1) is 0 Å². The summed E-state index contributed by atoms with van der Waals surface area (Å²) in [6.07, 6.45) is 2.54. The fourth-order valence-electron chi connectivity index (χ4n) is 2.77. The zero-order valence-corrected chi connectivity index (χ0v) is 15.9. The molecule has 0 saturated carbocycles. The lowest BCUT2D eigenvalue weighted by atomic mass is 10.1. The van der Waals surface area contributed by atoms with Crippen molar-refractivity contribution in [1.82, 2.24) is 10.2 Å². The van der Waals surface area contributed by atoms with Crippen LogP contribution < -0.4 is 10.1 Å². The van der Waals surface area contributed by atoms with E-state index < -0.39 is 12.1 Å². The second kappa shape index (κ2) is 9.57. The molecule has 2 amide bonds. The van der Waals surface area contributed by atoms with Gasteiger partial charge < -0.3 is 15.0 Å². The molecule has 2 unspecified atom stereocenters. The highest BCUT2D eigenvalue weighted by molar-refractivity contribution is 5.91. The number of carbonyl (C=O) groups is 2. The van der Waals surface area contributed by atoms with Crippen LogP contribution >= 0.6 is 0 Å². The molecule has 5 nitrogen and oxygen atoms in total. The SMILES string of the molecule is C=CCN(CC=C)C(=O)C(C)NC(=O)C(C)Oc1cccc2ccccc12. The summed E-state index contributed by atoms with van der Waals surface area (Å²) in [6, 6.07) is 12.8. The van der Waals surface area contributed by atoms with E-state index in [-0.39, 0.29) is 11.8 Å². The number of hydrogen-bond acceptors (Lipinski definition) is 3. The average molecular weight is 366 g/mol. The molecule has 2 aromatic carbocycles. The zero-order valence-electron chi connectivity index (χ0n) is 15.9. The Morgan fingerprint density at radius 2 is 1.70 bits per heavy atom.